The molecule has 160 valence electrons. The Labute approximate surface area is 179 Å². The van der Waals surface area contributed by atoms with Gasteiger partial charge in [-0.2, -0.15) is 0 Å². The molecule has 0 aromatic heterocycles. The van der Waals surface area contributed by atoms with Crippen molar-refractivity contribution in [2.75, 3.05) is 16.6 Å². The minimum atomic E-state index is -3.27. The van der Waals surface area contributed by atoms with E-state index in [1.807, 2.05) is 18.2 Å². The molecule has 2 fully saturated rings. The molecule has 5 nitrogen and oxygen atoms in total. The molecule has 1 aliphatic heterocycles. The Morgan fingerprint density at radius 2 is 1.77 bits per heavy atom. The Balaban J connectivity index is 1.53. The molecule has 6 heteroatoms. The van der Waals surface area contributed by atoms with Gasteiger partial charge >= 0.3 is 0 Å². The van der Waals surface area contributed by atoms with E-state index in [1.54, 1.807) is 24.3 Å². The summed E-state index contributed by atoms with van der Waals surface area (Å²) in [5, 5.41) is 3.23. The highest BCUT2D eigenvalue weighted by atomic mass is 32.2. The molecule has 0 radical (unpaired) electrons. The van der Waals surface area contributed by atoms with Gasteiger partial charge < -0.3 is 5.32 Å². The highest BCUT2D eigenvalue weighted by Crippen LogP contribution is 2.32. The molecule has 4 rings (SSSR count). The first-order chi connectivity index (χ1) is 14.5. The van der Waals surface area contributed by atoms with Crippen LogP contribution < -0.4 is 9.62 Å². The second-order valence-electron chi connectivity index (χ2n) is 8.47. The van der Waals surface area contributed by atoms with Crippen LogP contribution in [0.15, 0.2) is 54.6 Å². The minimum absolute atomic E-state index is 0.0408. The van der Waals surface area contributed by atoms with Crippen molar-refractivity contribution in [1.29, 1.82) is 0 Å². The Bertz CT molecular complexity index is 969. The van der Waals surface area contributed by atoms with Crippen LogP contribution in [0.3, 0.4) is 0 Å². The number of nitrogens with zero attached hydrogens (tertiary/aromatic N) is 1. The van der Waals surface area contributed by atoms with E-state index >= 15 is 0 Å². The highest BCUT2D eigenvalue weighted by Gasteiger charge is 2.29. The number of amides is 1. The van der Waals surface area contributed by atoms with E-state index in [-0.39, 0.29) is 17.7 Å². The lowest BCUT2D eigenvalue weighted by atomic mass is 9.83. The Kier molecular flexibility index (Phi) is 6.42. The van der Waals surface area contributed by atoms with E-state index in [0.717, 1.165) is 12.0 Å². The molecular weight excluding hydrogens is 396 g/mol. The van der Waals surface area contributed by atoms with Gasteiger partial charge in [-0.05, 0) is 42.5 Å². The normalized spacial score (nSPS) is 20.1. The van der Waals surface area contributed by atoms with E-state index in [9.17, 15) is 13.2 Å². The van der Waals surface area contributed by atoms with E-state index in [2.05, 4.69) is 17.4 Å². The van der Waals surface area contributed by atoms with Crippen molar-refractivity contribution >= 4 is 21.6 Å². The zero-order valence-corrected chi connectivity index (χ0v) is 18.1. The topological polar surface area (TPSA) is 66.5 Å². The van der Waals surface area contributed by atoms with Crippen LogP contribution in [0.2, 0.25) is 0 Å². The van der Waals surface area contributed by atoms with Crippen molar-refractivity contribution in [2.45, 2.75) is 51.0 Å². The van der Waals surface area contributed by atoms with E-state index in [0.29, 0.717) is 30.1 Å². The number of carbonyl (C=O) groups excluding carboxylic acids is 1. The molecule has 1 amide bonds. The molecule has 2 aromatic rings. The van der Waals surface area contributed by atoms with Crippen LogP contribution in [0.5, 0.6) is 0 Å². The highest BCUT2D eigenvalue weighted by molar-refractivity contribution is 7.93. The number of hydrogen-bond donors (Lipinski definition) is 1. The van der Waals surface area contributed by atoms with Crippen LogP contribution in [0.25, 0.3) is 0 Å². The monoisotopic (exact) mass is 426 g/mol. The lowest BCUT2D eigenvalue weighted by Gasteiger charge is -2.27. The fraction of sp³-hybridized carbons (Fsp3) is 0.458. The molecule has 2 aromatic carbocycles. The average Bonchev–Trinajstić information content (AvgIpc) is 3.13. The van der Waals surface area contributed by atoms with Gasteiger partial charge in [-0.1, -0.05) is 68.5 Å². The maximum absolute atomic E-state index is 13.1. The number of nitrogens with one attached hydrogen (secondary N) is 1. The van der Waals surface area contributed by atoms with Gasteiger partial charge in [0.25, 0.3) is 5.91 Å². The molecule has 0 spiro atoms. The van der Waals surface area contributed by atoms with Crippen molar-refractivity contribution < 1.29 is 13.2 Å². The van der Waals surface area contributed by atoms with Gasteiger partial charge in [0.05, 0.1) is 17.5 Å². The van der Waals surface area contributed by atoms with E-state index in [4.69, 9.17) is 0 Å². The van der Waals surface area contributed by atoms with Crippen LogP contribution in [0, 0.1) is 5.92 Å². The Hall–Kier alpha value is -2.34. The molecule has 1 saturated heterocycles. The maximum Gasteiger partial charge on any atom is 0.251 e. The summed E-state index contributed by atoms with van der Waals surface area (Å²) >= 11 is 0. The first-order valence-corrected chi connectivity index (χ1v) is 12.6. The molecule has 2 aliphatic rings. The van der Waals surface area contributed by atoms with E-state index in [1.165, 1.54) is 36.4 Å². The summed E-state index contributed by atoms with van der Waals surface area (Å²) in [6.07, 6.45) is 7.86. The standard InChI is InChI=1S/C24H30N2O3S/c27-24(21-13-7-14-22(18-21)26-15-8-16-30(26,28)29)25-23(20-11-5-2-6-12-20)17-19-9-3-1-4-10-19/h2,5-7,11-14,18-19,23H,1,3-4,8-10,15-17H2,(H,25,27). The van der Waals surface area contributed by atoms with Crippen LogP contribution >= 0.6 is 0 Å². The molecule has 1 heterocycles. The smallest absolute Gasteiger partial charge is 0.251 e. The molecule has 30 heavy (non-hydrogen) atoms. The van der Waals surface area contributed by atoms with Gasteiger partial charge in [0.15, 0.2) is 0 Å². The lowest BCUT2D eigenvalue weighted by Crippen LogP contribution is -2.31. The molecule has 1 N–H and O–H groups in total. The molecule has 1 aliphatic carbocycles. The van der Waals surface area contributed by atoms with E-state index < -0.39 is 10.0 Å². The first kappa shape index (κ1) is 20.9. The Morgan fingerprint density at radius 1 is 1.00 bits per heavy atom. The molecule has 1 unspecified atom stereocenters. The lowest BCUT2D eigenvalue weighted by molar-refractivity contribution is 0.0928. The van der Waals surface area contributed by atoms with Crippen molar-refractivity contribution in [3.05, 3.63) is 65.7 Å². The summed E-state index contributed by atoms with van der Waals surface area (Å²) in [5.74, 6) is 0.643. The van der Waals surface area contributed by atoms with Gasteiger partial charge in [-0.3, -0.25) is 9.10 Å². The number of rotatable bonds is 6. The van der Waals surface area contributed by atoms with Gasteiger partial charge in [-0.25, -0.2) is 8.42 Å². The number of carbonyl (C=O) groups is 1. The molecular formula is C24H30N2O3S. The first-order valence-electron chi connectivity index (χ1n) is 11.0. The SMILES string of the molecule is O=C(NC(CC1CCCCC1)c1ccccc1)c1cccc(N2CCCS2(=O)=O)c1. The van der Waals surface area contributed by atoms with Gasteiger partial charge in [-0.15, -0.1) is 0 Å². The van der Waals surface area contributed by atoms with Crippen molar-refractivity contribution in [2.24, 2.45) is 5.92 Å². The summed E-state index contributed by atoms with van der Waals surface area (Å²) in [5.41, 5.74) is 2.19. The van der Waals surface area contributed by atoms with Crippen LogP contribution in [0.4, 0.5) is 5.69 Å². The average molecular weight is 427 g/mol. The molecule has 1 saturated carbocycles. The predicted molar refractivity (Wildman–Crippen MR) is 120 cm³/mol. The van der Waals surface area contributed by atoms with Crippen molar-refractivity contribution in [3.63, 3.8) is 0 Å². The maximum atomic E-state index is 13.1. The number of anilines is 1. The summed E-state index contributed by atoms with van der Waals surface area (Å²) in [7, 11) is -3.27. The largest absolute Gasteiger partial charge is 0.345 e. The number of sulfonamides is 1. The minimum Gasteiger partial charge on any atom is -0.345 e. The van der Waals surface area contributed by atoms with Crippen molar-refractivity contribution in [1.82, 2.24) is 5.32 Å². The van der Waals surface area contributed by atoms with Crippen molar-refractivity contribution in [3.8, 4) is 0 Å². The summed E-state index contributed by atoms with van der Waals surface area (Å²) in [4.78, 5) is 13.1. The van der Waals surface area contributed by atoms with Gasteiger partial charge in [0.2, 0.25) is 10.0 Å². The fourth-order valence-electron chi connectivity index (χ4n) is 4.69. The number of hydrogen-bond acceptors (Lipinski definition) is 3. The summed E-state index contributed by atoms with van der Waals surface area (Å²) in [6, 6.07) is 17.1. The summed E-state index contributed by atoms with van der Waals surface area (Å²) < 4.78 is 25.9. The summed E-state index contributed by atoms with van der Waals surface area (Å²) in [6.45, 7) is 0.474. The van der Waals surface area contributed by atoms with Gasteiger partial charge in [0, 0.05) is 12.1 Å². The third kappa shape index (κ3) is 4.86. The second-order valence-corrected chi connectivity index (χ2v) is 10.5. The van der Waals surface area contributed by atoms with Crippen LogP contribution in [-0.2, 0) is 10.0 Å². The molecule has 0 bridgehead atoms. The third-order valence-electron chi connectivity index (χ3n) is 6.30. The fourth-order valence-corrected chi connectivity index (χ4v) is 6.25. The Morgan fingerprint density at radius 3 is 2.47 bits per heavy atom. The molecule has 1 atom stereocenters. The van der Waals surface area contributed by atoms with Crippen LogP contribution in [-0.4, -0.2) is 26.6 Å². The quantitative estimate of drug-likeness (QED) is 0.730. The number of benzene rings is 2. The second kappa shape index (κ2) is 9.21. The zero-order valence-electron chi connectivity index (χ0n) is 17.3. The third-order valence-corrected chi connectivity index (χ3v) is 8.17. The van der Waals surface area contributed by atoms with Crippen LogP contribution in [0.1, 0.15) is 66.9 Å². The van der Waals surface area contributed by atoms with Gasteiger partial charge in [0.1, 0.15) is 0 Å². The zero-order chi connectivity index (χ0) is 21.0. The predicted octanol–water partition coefficient (Wildman–Crippen LogP) is 4.67.